The highest BCUT2D eigenvalue weighted by Gasteiger charge is 2.63. The molecule has 0 radical (unpaired) electrons. The lowest BCUT2D eigenvalue weighted by Gasteiger charge is -2.38. The van der Waals surface area contributed by atoms with Crippen LogP contribution in [0.3, 0.4) is 0 Å². The number of ether oxygens (including phenoxy) is 1. The van der Waals surface area contributed by atoms with Gasteiger partial charge in [-0.1, -0.05) is 39.0 Å². The van der Waals surface area contributed by atoms with E-state index in [2.05, 4.69) is 46.2 Å². The molecule has 1 aromatic rings. The van der Waals surface area contributed by atoms with E-state index in [0.717, 1.165) is 11.7 Å². The average molecular weight is 319 g/mol. The summed E-state index contributed by atoms with van der Waals surface area (Å²) in [5.74, 6) is 0.702. The third-order valence-electron chi connectivity index (χ3n) is 6.82. The second kappa shape index (κ2) is 5.06. The first-order chi connectivity index (χ1) is 10.2. The fourth-order valence-corrected chi connectivity index (χ4v) is 5.99. The van der Waals surface area contributed by atoms with E-state index in [-0.39, 0.29) is 22.6 Å². The van der Waals surface area contributed by atoms with E-state index >= 15 is 0 Å². The quantitative estimate of drug-likeness (QED) is 0.738. The normalized spacial score (nSPS) is 33.0. The molecule has 120 valence electrons. The largest absolute Gasteiger partial charge is 0.455 e. The monoisotopic (exact) mass is 319 g/mol. The summed E-state index contributed by atoms with van der Waals surface area (Å²) >= 11 is 0. The molecular formula is C19H28O2P+. The van der Waals surface area contributed by atoms with Crippen LogP contribution in [0.5, 0.6) is 0 Å². The predicted molar refractivity (Wildman–Crippen MR) is 94.3 cm³/mol. The molecule has 1 aromatic carbocycles. The van der Waals surface area contributed by atoms with Crippen molar-refractivity contribution in [3.05, 3.63) is 30.3 Å². The molecule has 2 saturated carbocycles. The van der Waals surface area contributed by atoms with Crippen molar-refractivity contribution in [2.75, 3.05) is 13.3 Å². The van der Waals surface area contributed by atoms with E-state index in [4.69, 9.17) is 4.74 Å². The first-order valence-electron chi connectivity index (χ1n) is 8.30. The fraction of sp³-hybridized carbons (Fsp3) is 0.632. The van der Waals surface area contributed by atoms with Crippen LogP contribution < -0.4 is 5.30 Å². The van der Waals surface area contributed by atoms with Crippen LogP contribution in [0.15, 0.2) is 30.3 Å². The Hall–Kier alpha value is -0.880. The molecular weight excluding hydrogens is 291 g/mol. The van der Waals surface area contributed by atoms with Gasteiger partial charge in [-0.2, -0.15) is 0 Å². The lowest BCUT2D eigenvalue weighted by Crippen LogP contribution is -2.38. The number of carbonyl (C=O) groups is 1. The summed E-state index contributed by atoms with van der Waals surface area (Å²) in [4.78, 5) is 12.9. The zero-order chi connectivity index (χ0) is 16.2. The van der Waals surface area contributed by atoms with Crippen molar-refractivity contribution in [2.24, 2.45) is 16.7 Å². The first kappa shape index (κ1) is 16.0. The SMILES string of the molecule is CC1(C)[C@H]2CC[C@]1(C)[C@H](OC(=O)[P+](C)(C)c1ccccc1)C2. The molecule has 0 amide bonds. The summed E-state index contributed by atoms with van der Waals surface area (Å²) < 4.78 is 6.11. The van der Waals surface area contributed by atoms with Crippen LogP contribution in [-0.2, 0) is 4.74 Å². The minimum absolute atomic E-state index is 0.0216. The van der Waals surface area contributed by atoms with Gasteiger partial charge in [0.05, 0.1) is 13.3 Å². The molecule has 3 atom stereocenters. The predicted octanol–water partition coefficient (Wildman–Crippen LogP) is 4.94. The molecule has 0 heterocycles. The van der Waals surface area contributed by atoms with Crippen molar-refractivity contribution >= 4 is 18.3 Å². The topological polar surface area (TPSA) is 26.3 Å². The van der Waals surface area contributed by atoms with Crippen LogP contribution in [-0.4, -0.2) is 25.1 Å². The number of fused-ring (bicyclic) bond motifs is 2. The maximum absolute atomic E-state index is 12.9. The molecule has 2 nitrogen and oxygen atoms in total. The first-order valence-corrected chi connectivity index (χ1v) is 11.0. The Morgan fingerprint density at radius 3 is 2.32 bits per heavy atom. The van der Waals surface area contributed by atoms with Crippen molar-refractivity contribution in [2.45, 2.75) is 46.1 Å². The summed E-state index contributed by atoms with van der Waals surface area (Å²) in [7, 11) is -1.89. The van der Waals surface area contributed by atoms with Crippen molar-refractivity contribution in [3.8, 4) is 0 Å². The van der Waals surface area contributed by atoms with E-state index in [0.29, 0.717) is 5.92 Å². The molecule has 2 aliphatic carbocycles. The molecule has 3 heteroatoms. The van der Waals surface area contributed by atoms with Gasteiger partial charge in [-0.25, -0.2) is 4.79 Å². The maximum Gasteiger partial charge on any atom is 0.455 e. The Morgan fingerprint density at radius 2 is 1.82 bits per heavy atom. The fourth-order valence-electron chi connectivity index (χ4n) is 4.47. The molecule has 0 aromatic heterocycles. The summed E-state index contributed by atoms with van der Waals surface area (Å²) in [5.41, 5.74) is 0.449. The van der Waals surface area contributed by atoms with Crippen molar-refractivity contribution in [3.63, 3.8) is 0 Å². The van der Waals surface area contributed by atoms with Crippen molar-refractivity contribution < 1.29 is 9.53 Å². The third kappa shape index (κ3) is 2.14. The summed E-state index contributed by atoms with van der Waals surface area (Å²) in [6.45, 7) is 11.2. The second-order valence-corrected chi connectivity index (χ2v) is 12.1. The zero-order valence-corrected chi connectivity index (χ0v) is 15.3. The van der Waals surface area contributed by atoms with Gasteiger partial charge in [0.15, 0.2) is 7.26 Å². The standard InChI is InChI=1S/C19H28O2P/c1-18(2)14-11-12-19(18,3)16(13-14)21-17(20)22(4,5)15-9-7-6-8-10-15/h6-10,14,16H,11-13H2,1-5H3/q+1/t14-,16+,19+/m0/s1. The van der Waals surface area contributed by atoms with Gasteiger partial charge < -0.3 is 4.74 Å². The van der Waals surface area contributed by atoms with Crippen molar-refractivity contribution in [1.29, 1.82) is 0 Å². The van der Waals surface area contributed by atoms with Gasteiger partial charge in [0, 0.05) is 5.41 Å². The minimum Gasteiger partial charge on any atom is -0.432 e. The number of benzene rings is 1. The van der Waals surface area contributed by atoms with Crippen molar-refractivity contribution in [1.82, 2.24) is 0 Å². The van der Waals surface area contributed by atoms with Crippen LogP contribution in [0.4, 0.5) is 4.79 Å². The highest BCUT2D eigenvalue weighted by atomic mass is 31.2. The summed E-state index contributed by atoms with van der Waals surface area (Å²) in [6.07, 6.45) is 3.61. The molecule has 2 aliphatic rings. The van der Waals surface area contributed by atoms with Crippen LogP contribution in [0.25, 0.3) is 0 Å². The van der Waals surface area contributed by atoms with Gasteiger partial charge in [-0.3, -0.25) is 0 Å². The van der Waals surface area contributed by atoms with Gasteiger partial charge in [0.25, 0.3) is 0 Å². The van der Waals surface area contributed by atoms with E-state index in [1.807, 2.05) is 18.2 Å². The molecule has 0 unspecified atom stereocenters. The Labute approximate surface area is 135 Å². The maximum atomic E-state index is 12.9. The van der Waals surface area contributed by atoms with E-state index in [1.54, 1.807) is 0 Å². The lowest BCUT2D eigenvalue weighted by atomic mass is 9.70. The van der Waals surface area contributed by atoms with E-state index in [9.17, 15) is 4.79 Å². The molecule has 3 rings (SSSR count). The Balaban J connectivity index is 1.79. The number of rotatable bonds is 3. The Kier molecular flexibility index (Phi) is 3.68. The Bertz CT molecular complexity index is 578. The smallest absolute Gasteiger partial charge is 0.432 e. The molecule has 2 bridgehead atoms. The summed E-state index contributed by atoms with van der Waals surface area (Å²) in [5, 5.41) is 1.13. The lowest BCUT2D eigenvalue weighted by molar-refractivity contribution is 0.00614. The molecule has 22 heavy (non-hydrogen) atoms. The number of carbonyl (C=O) groups excluding carboxylic acids is 1. The van der Waals surface area contributed by atoms with Gasteiger partial charge in [-0.05, 0) is 42.7 Å². The Morgan fingerprint density at radius 1 is 1.18 bits per heavy atom. The van der Waals surface area contributed by atoms with Crippen LogP contribution in [0.2, 0.25) is 0 Å². The minimum atomic E-state index is -1.89. The van der Waals surface area contributed by atoms with Crippen LogP contribution >= 0.6 is 7.26 Å². The zero-order valence-electron chi connectivity index (χ0n) is 14.4. The number of hydrogen-bond acceptors (Lipinski definition) is 2. The molecule has 0 saturated heterocycles. The van der Waals surface area contributed by atoms with Gasteiger partial charge >= 0.3 is 5.71 Å². The molecule has 0 spiro atoms. The third-order valence-corrected chi connectivity index (χ3v) is 9.42. The molecule has 2 fully saturated rings. The summed E-state index contributed by atoms with van der Waals surface area (Å²) in [6, 6.07) is 10.1. The van der Waals surface area contributed by atoms with Gasteiger partial charge in [-0.15, -0.1) is 0 Å². The number of hydrogen-bond donors (Lipinski definition) is 0. The second-order valence-electron chi connectivity index (χ2n) is 8.27. The molecule has 0 aliphatic heterocycles. The highest BCUT2D eigenvalue weighted by molar-refractivity contribution is 7.95. The van der Waals surface area contributed by atoms with Gasteiger partial charge in [0.2, 0.25) is 0 Å². The van der Waals surface area contributed by atoms with E-state index in [1.165, 1.54) is 12.8 Å². The van der Waals surface area contributed by atoms with Crippen LogP contribution in [0.1, 0.15) is 40.0 Å². The average Bonchev–Trinajstić information content (AvgIpc) is 2.81. The molecule has 0 N–H and O–H groups in total. The van der Waals surface area contributed by atoms with E-state index < -0.39 is 7.26 Å². The van der Waals surface area contributed by atoms with Gasteiger partial charge in [0.1, 0.15) is 11.4 Å². The van der Waals surface area contributed by atoms with Crippen LogP contribution in [0, 0.1) is 16.7 Å². The highest BCUT2D eigenvalue weighted by Crippen LogP contribution is 2.67.